The van der Waals surface area contributed by atoms with Crippen molar-refractivity contribution in [3.8, 4) is 11.1 Å². The molecule has 0 saturated heterocycles. The first-order valence-corrected chi connectivity index (χ1v) is 16.0. The number of amides is 2. The third-order valence-electron chi connectivity index (χ3n) is 7.07. The number of nitrogens with zero attached hydrogens (tertiary/aromatic N) is 3. The smallest absolute Gasteiger partial charge is 0.407 e. The molecule has 46 heavy (non-hydrogen) atoms. The number of aliphatic hydroxyl groups is 1. The van der Waals surface area contributed by atoms with Crippen LogP contribution in [0.25, 0.3) is 22.0 Å². The maximum atomic E-state index is 12.2. The first-order valence-electron chi connectivity index (χ1n) is 15.3. The molecule has 4 rings (SSSR count). The Kier molecular flexibility index (Phi) is 13.5. The highest BCUT2D eigenvalue weighted by atomic mass is 35.5. The Morgan fingerprint density at radius 3 is 2.33 bits per heavy atom. The van der Waals surface area contributed by atoms with Crippen LogP contribution in [0.4, 0.5) is 4.79 Å². The molecule has 3 aromatic rings. The largest absolute Gasteiger partial charge is 0.444 e. The highest BCUT2D eigenvalue weighted by molar-refractivity contribution is 6.45. The van der Waals surface area contributed by atoms with Crippen LogP contribution in [0.1, 0.15) is 32.0 Å². The van der Waals surface area contributed by atoms with Crippen molar-refractivity contribution >= 4 is 46.1 Å². The van der Waals surface area contributed by atoms with Crippen LogP contribution in [0.5, 0.6) is 0 Å². The van der Waals surface area contributed by atoms with Crippen molar-refractivity contribution in [3.05, 3.63) is 39.8 Å². The number of rotatable bonds is 17. The van der Waals surface area contributed by atoms with Gasteiger partial charge in [-0.1, -0.05) is 23.2 Å². The summed E-state index contributed by atoms with van der Waals surface area (Å²) in [4.78, 5) is 28.8. The highest BCUT2D eigenvalue weighted by Gasteiger charge is 2.27. The van der Waals surface area contributed by atoms with E-state index < -0.39 is 18.3 Å². The number of aromatic nitrogens is 3. The number of carbonyl (C=O) groups excluding carboxylic acids is 2. The summed E-state index contributed by atoms with van der Waals surface area (Å²) in [6, 6.07) is 1.83. The Morgan fingerprint density at radius 1 is 1.02 bits per heavy atom. The summed E-state index contributed by atoms with van der Waals surface area (Å²) in [5, 5.41) is 18.2. The second-order valence-corrected chi connectivity index (χ2v) is 12.4. The predicted octanol–water partition coefficient (Wildman–Crippen LogP) is 3.81. The minimum absolute atomic E-state index is 0.307. The lowest BCUT2D eigenvalue weighted by atomic mass is 9.98. The minimum Gasteiger partial charge on any atom is -0.444 e. The van der Waals surface area contributed by atoms with Crippen molar-refractivity contribution < 1.29 is 38.4 Å². The van der Waals surface area contributed by atoms with Crippen LogP contribution >= 0.6 is 23.2 Å². The van der Waals surface area contributed by atoms with E-state index in [1.165, 1.54) is 0 Å². The van der Waals surface area contributed by atoms with Crippen LogP contribution in [0.15, 0.2) is 18.5 Å². The number of ether oxygens (including phenoxy) is 5. The van der Waals surface area contributed by atoms with Gasteiger partial charge in [0.1, 0.15) is 12.2 Å². The quantitative estimate of drug-likeness (QED) is 0.181. The van der Waals surface area contributed by atoms with Gasteiger partial charge in [0.25, 0.3) is 0 Å². The van der Waals surface area contributed by atoms with Crippen molar-refractivity contribution in [1.29, 1.82) is 0 Å². The number of hydrogen-bond acceptors (Lipinski definition) is 9. The summed E-state index contributed by atoms with van der Waals surface area (Å²) in [5.41, 5.74) is 3.91. The molecule has 0 saturated carbocycles. The summed E-state index contributed by atoms with van der Waals surface area (Å²) >= 11 is 13.1. The molecule has 3 heterocycles. The van der Waals surface area contributed by atoms with Gasteiger partial charge in [-0.25, -0.2) is 4.79 Å². The fourth-order valence-electron chi connectivity index (χ4n) is 4.96. The number of alkyl carbamates (subject to hydrolysis) is 1. The van der Waals surface area contributed by atoms with Gasteiger partial charge < -0.3 is 44.0 Å². The SMILES string of the molecule is CC(C)(C)OC(=O)NCCOCCOCCOCCOCCn1cc(-c2cc(Cl)c(Cl)c3[nH]c4c(c23)CN(C(=O)CO)CC4)cn1. The van der Waals surface area contributed by atoms with Gasteiger partial charge in [0.15, 0.2) is 0 Å². The maximum Gasteiger partial charge on any atom is 0.407 e. The Morgan fingerprint density at radius 2 is 1.67 bits per heavy atom. The monoisotopic (exact) mass is 683 g/mol. The van der Waals surface area contributed by atoms with E-state index in [1.807, 2.05) is 33.0 Å². The fourth-order valence-corrected chi connectivity index (χ4v) is 5.36. The van der Waals surface area contributed by atoms with Crippen molar-refractivity contribution in [3.63, 3.8) is 0 Å². The highest BCUT2D eigenvalue weighted by Crippen LogP contribution is 2.42. The fraction of sp³-hybridized carbons (Fsp3) is 0.581. The van der Waals surface area contributed by atoms with Crippen LogP contribution in [-0.2, 0) is 48.0 Å². The number of fused-ring (bicyclic) bond motifs is 3. The van der Waals surface area contributed by atoms with Crippen LogP contribution in [-0.4, -0.2) is 115 Å². The summed E-state index contributed by atoms with van der Waals surface area (Å²) in [6.07, 6.45) is 3.86. The van der Waals surface area contributed by atoms with Crippen molar-refractivity contribution in [2.75, 3.05) is 72.6 Å². The molecule has 1 aromatic carbocycles. The lowest BCUT2D eigenvalue weighted by molar-refractivity contribution is -0.135. The third-order valence-corrected chi connectivity index (χ3v) is 7.86. The molecular weight excluding hydrogens is 641 g/mol. The molecule has 2 aromatic heterocycles. The van der Waals surface area contributed by atoms with E-state index in [2.05, 4.69) is 15.4 Å². The van der Waals surface area contributed by atoms with E-state index in [4.69, 9.17) is 46.9 Å². The maximum absolute atomic E-state index is 12.2. The molecule has 0 unspecified atom stereocenters. The zero-order valence-corrected chi connectivity index (χ0v) is 28.0. The summed E-state index contributed by atoms with van der Waals surface area (Å²) < 4.78 is 29.1. The van der Waals surface area contributed by atoms with Gasteiger partial charge in [0.2, 0.25) is 5.91 Å². The molecule has 15 heteroatoms. The summed E-state index contributed by atoms with van der Waals surface area (Å²) in [5.74, 6) is -0.307. The average Bonchev–Trinajstić information content (AvgIpc) is 3.64. The number of halogens is 2. The molecule has 0 spiro atoms. The number of H-pyrrole nitrogens is 1. The molecule has 13 nitrogen and oxygen atoms in total. The molecule has 0 bridgehead atoms. The van der Waals surface area contributed by atoms with Crippen LogP contribution in [0.2, 0.25) is 10.0 Å². The van der Waals surface area contributed by atoms with E-state index in [1.54, 1.807) is 15.8 Å². The minimum atomic E-state index is -0.526. The standard InChI is InChI=1S/C31H43Cl2N5O8/c1-31(2,3)46-30(41)34-5-8-42-10-12-44-14-15-45-13-11-43-9-7-38-18-21(17-35-38)22-16-24(32)28(33)29-27(22)23-19-37(26(40)20-39)6-4-25(23)36-29/h16-18,36,39H,4-15,19-20H2,1-3H3,(H,34,41). The molecule has 0 radical (unpaired) electrons. The zero-order chi connectivity index (χ0) is 33.1. The molecule has 1 aliphatic rings. The molecule has 0 aliphatic carbocycles. The molecule has 1 aliphatic heterocycles. The van der Waals surface area contributed by atoms with Gasteiger partial charge >= 0.3 is 6.09 Å². The Hall–Kier alpha value is -2.91. The van der Waals surface area contributed by atoms with Gasteiger partial charge in [-0.15, -0.1) is 0 Å². The number of aliphatic hydroxyl groups excluding tert-OH is 1. The molecule has 254 valence electrons. The van der Waals surface area contributed by atoms with Crippen LogP contribution in [0.3, 0.4) is 0 Å². The lowest BCUT2D eigenvalue weighted by Gasteiger charge is -2.26. The number of nitrogens with one attached hydrogen (secondary N) is 2. The van der Waals surface area contributed by atoms with Crippen molar-refractivity contribution in [2.45, 2.75) is 45.9 Å². The van der Waals surface area contributed by atoms with Gasteiger partial charge in [0, 0.05) is 54.5 Å². The summed E-state index contributed by atoms with van der Waals surface area (Å²) in [7, 11) is 0. The van der Waals surface area contributed by atoms with Gasteiger partial charge in [-0.2, -0.15) is 5.10 Å². The Bertz CT molecular complexity index is 1450. The van der Waals surface area contributed by atoms with Crippen LogP contribution < -0.4 is 5.32 Å². The second-order valence-electron chi connectivity index (χ2n) is 11.6. The van der Waals surface area contributed by atoms with Gasteiger partial charge in [-0.05, 0) is 32.4 Å². The van der Waals surface area contributed by atoms with E-state index >= 15 is 0 Å². The van der Waals surface area contributed by atoms with Crippen LogP contribution in [0, 0.1) is 0 Å². The number of hydrogen-bond donors (Lipinski definition) is 3. The normalized spacial score (nSPS) is 13.3. The Balaban J connectivity index is 1.12. The number of carbonyl (C=O) groups is 2. The van der Waals surface area contributed by atoms with E-state index in [0.717, 1.165) is 33.3 Å². The van der Waals surface area contributed by atoms with E-state index in [-0.39, 0.29) is 5.91 Å². The predicted molar refractivity (Wildman–Crippen MR) is 173 cm³/mol. The molecular formula is C31H43Cl2N5O8. The first-order chi connectivity index (χ1) is 22.1. The van der Waals surface area contributed by atoms with E-state index in [0.29, 0.717) is 95.5 Å². The molecule has 2 amide bonds. The molecule has 3 N–H and O–H groups in total. The van der Waals surface area contributed by atoms with Crippen molar-refractivity contribution in [2.24, 2.45) is 0 Å². The van der Waals surface area contributed by atoms with Gasteiger partial charge in [-0.3, -0.25) is 9.48 Å². The average molecular weight is 685 g/mol. The topological polar surface area (TPSA) is 149 Å². The second kappa shape index (κ2) is 17.3. The zero-order valence-electron chi connectivity index (χ0n) is 26.5. The lowest BCUT2D eigenvalue weighted by Crippen LogP contribution is -2.37. The van der Waals surface area contributed by atoms with E-state index in [9.17, 15) is 14.7 Å². The number of aromatic amines is 1. The Labute approximate surface area is 278 Å². The van der Waals surface area contributed by atoms with Gasteiger partial charge in [0.05, 0.1) is 81.2 Å². The number of benzene rings is 1. The molecule has 0 fully saturated rings. The third kappa shape index (κ3) is 10.3. The summed E-state index contributed by atoms with van der Waals surface area (Å²) in [6.45, 7) is 10.2. The first kappa shape index (κ1) is 35.9. The molecule has 0 atom stereocenters. The van der Waals surface area contributed by atoms with Crippen molar-refractivity contribution in [1.82, 2.24) is 25.0 Å².